The molecule has 0 radical (unpaired) electrons. The maximum absolute atomic E-state index is 8.60. The van der Waals surface area contributed by atoms with E-state index >= 15 is 0 Å². The van der Waals surface area contributed by atoms with E-state index in [9.17, 15) is 0 Å². The maximum Gasteiger partial charge on any atom is 0.0685 e. The summed E-state index contributed by atoms with van der Waals surface area (Å²) in [6.45, 7) is 3.29. The van der Waals surface area contributed by atoms with Gasteiger partial charge in [0.25, 0.3) is 0 Å². The molecule has 0 aromatic carbocycles. The first-order chi connectivity index (χ1) is 3.18. The van der Waals surface area contributed by atoms with Crippen molar-refractivity contribution in [3.8, 4) is 0 Å². The van der Waals surface area contributed by atoms with Crippen molar-refractivity contribution in [2.24, 2.45) is 0 Å². The molecule has 3 nitrogen and oxygen atoms in total. The zero-order valence-electron chi connectivity index (χ0n) is 4.55. The van der Waals surface area contributed by atoms with Crippen molar-refractivity contribution in [2.45, 2.75) is 26.0 Å². The van der Waals surface area contributed by atoms with Crippen LogP contribution in [0.25, 0.3) is 0 Å². The first kappa shape index (κ1) is 6.88. The monoisotopic (exact) mass is 105 g/mol. The second kappa shape index (κ2) is 2.96. The summed E-state index contributed by atoms with van der Waals surface area (Å²) in [6, 6.07) is -0.236. The van der Waals surface area contributed by atoms with E-state index in [-0.39, 0.29) is 6.04 Å². The predicted molar refractivity (Wildman–Crippen MR) is 26.1 cm³/mol. The van der Waals surface area contributed by atoms with Crippen molar-refractivity contribution in [3.05, 3.63) is 0 Å². The molecule has 3 heteroatoms. The number of aliphatic hydroxyl groups excluding tert-OH is 1. The topological polar surface area (TPSA) is 52.5 Å². The smallest absolute Gasteiger partial charge is 0.0685 e. The Morgan fingerprint density at radius 3 is 1.86 bits per heavy atom. The van der Waals surface area contributed by atoms with Gasteiger partial charge < -0.3 is 10.3 Å². The maximum atomic E-state index is 8.60. The SMILES string of the molecule is C[C@@H](O)[C@@H](C)NO. The van der Waals surface area contributed by atoms with Gasteiger partial charge in [-0.1, -0.05) is 0 Å². The van der Waals surface area contributed by atoms with Crippen LogP contribution in [0.1, 0.15) is 13.8 Å². The lowest BCUT2D eigenvalue weighted by Gasteiger charge is -2.10. The van der Waals surface area contributed by atoms with Crippen molar-refractivity contribution in [1.82, 2.24) is 5.48 Å². The van der Waals surface area contributed by atoms with Gasteiger partial charge in [-0.15, -0.1) is 0 Å². The van der Waals surface area contributed by atoms with E-state index < -0.39 is 6.10 Å². The summed E-state index contributed by atoms with van der Waals surface area (Å²) in [5.41, 5.74) is 1.91. The summed E-state index contributed by atoms with van der Waals surface area (Å²) >= 11 is 0. The quantitative estimate of drug-likeness (QED) is 0.424. The van der Waals surface area contributed by atoms with E-state index in [1.54, 1.807) is 13.8 Å². The fourth-order valence-electron chi connectivity index (χ4n) is 0.108. The van der Waals surface area contributed by atoms with Crippen LogP contribution in [0.5, 0.6) is 0 Å². The molecule has 0 amide bonds. The Morgan fingerprint density at radius 1 is 1.43 bits per heavy atom. The van der Waals surface area contributed by atoms with E-state index in [0.717, 1.165) is 0 Å². The molecule has 0 bridgehead atoms. The number of hydrogen-bond donors (Lipinski definition) is 3. The minimum atomic E-state index is -0.495. The van der Waals surface area contributed by atoms with E-state index in [2.05, 4.69) is 0 Å². The Bertz CT molecular complexity index is 47.0. The van der Waals surface area contributed by atoms with Crippen molar-refractivity contribution in [1.29, 1.82) is 0 Å². The molecule has 0 spiro atoms. The summed E-state index contributed by atoms with van der Waals surface area (Å²) in [7, 11) is 0. The zero-order chi connectivity index (χ0) is 5.86. The molecule has 0 fully saturated rings. The molecule has 0 aliphatic heterocycles. The van der Waals surface area contributed by atoms with E-state index in [0.29, 0.717) is 0 Å². The van der Waals surface area contributed by atoms with E-state index in [4.69, 9.17) is 10.3 Å². The summed E-state index contributed by atoms with van der Waals surface area (Å²) in [5, 5.41) is 16.7. The third kappa shape index (κ3) is 2.56. The van der Waals surface area contributed by atoms with Crippen LogP contribution in [-0.4, -0.2) is 22.5 Å². The largest absolute Gasteiger partial charge is 0.392 e. The van der Waals surface area contributed by atoms with Crippen LogP contribution in [0.15, 0.2) is 0 Å². The van der Waals surface area contributed by atoms with Crippen molar-refractivity contribution in [2.75, 3.05) is 0 Å². The van der Waals surface area contributed by atoms with Gasteiger partial charge in [0.1, 0.15) is 0 Å². The number of nitrogens with one attached hydrogen (secondary N) is 1. The molecule has 0 heterocycles. The Morgan fingerprint density at radius 2 is 1.86 bits per heavy atom. The number of hydrogen-bond acceptors (Lipinski definition) is 3. The lowest BCUT2D eigenvalue weighted by molar-refractivity contribution is 0.0571. The van der Waals surface area contributed by atoms with Crippen molar-refractivity contribution < 1.29 is 10.3 Å². The minimum absolute atomic E-state index is 0.236. The van der Waals surface area contributed by atoms with Gasteiger partial charge in [-0.25, -0.2) is 5.48 Å². The molecule has 3 N–H and O–H groups in total. The average molecular weight is 105 g/mol. The second-order valence-electron chi connectivity index (χ2n) is 1.66. The molecule has 0 aliphatic carbocycles. The molecule has 7 heavy (non-hydrogen) atoms. The number of rotatable bonds is 2. The summed E-state index contributed by atoms with van der Waals surface area (Å²) < 4.78 is 0. The molecule has 0 aliphatic rings. The van der Waals surface area contributed by atoms with Crippen LogP contribution < -0.4 is 5.48 Å². The van der Waals surface area contributed by atoms with Gasteiger partial charge in [0.2, 0.25) is 0 Å². The zero-order valence-corrected chi connectivity index (χ0v) is 4.55. The van der Waals surface area contributed by atoms with Crippen molar-refractivity contribution >= 4 is 0 Å². The van der Waals surface area contributed by atoms with Crippen LogP contribution in [-0.2, 0) is 0 Å². The molecule has 0 saturated heterocycles. The predicted octanol–water partition coefficient (Wildman–Crippen LogP) is -0.266. The molecular weight excluding hydrogens is 94.0 g/mol. The van der Waals surface area contributed by atoms with Gasteiger partial charge in [-0.3, -0.25) is 0 Å². The highest BCUT2D eigenvalue weighted by Crippen LogP contribution is 1.86. The first-order valence-corrected chi connectivity index (χ1v) is 2.26. The number of aliphatic hydroxyl groups is 1. The normalized spacial score (nSPS) is 18.9. The van der Waals surface area contributed by atoms with Crippen LogP contribution in [0, 0.1) is 0 Å². The fraction of sp³-hybridized carbons (Fsp3) is 1.00. The lowest BCUT2D eigenvalue weighted by Crippen LogP contribution is -2.32. The molecule has 0 aromatic heterocycles. The van der Waals surface area contributed by atoms with Crippen LogP contribution in [0.3, 0.4) is 0 Å². The van der Waals surface area contributed by atoms with Gasteiger partial charge in [-0.2, -0.15) is 0 Å². The third-order valence-corrected chi connectivity index (χ3v) is 0.927. The Balaban J connectivity index is 3.14. The molecule has 44 valence electrons. The fourth-order valence-corrected chi connectivity index (χ4v) is 0.108. The summed E-state index contributed by atoms with van der Waals surface area (Å²) in [5.74, 6) is 0. The Kier molecular flexibility index (Phi) is 2.91. The molecule has 0 saturated carbocycles. The van der Waals surface area contributed by atoms with Crippen LogP contribution in [0.4, 0.5) is 0 Å². The highest BCUT2D eigenvalue weighted by Gasteiger charge is 2.03. The summed E-state index contributed by atoms with van der Waals surface area (Å²) in [6.07, 6.45) is -0.495. The highest BCUT2D eigenvalue weighted by molar-refractivity contribution is 4.59. The van der Waals surface area contributed by atoms with E-state index in [1.165, 1.54) is 0 Å². The molecule has 0 rings (SSSR count). The standard InChI is InChI=1S/C4H11NO2/c1-3(5-7)4(2)6/h3-7H,1-2H3/t3-,4-/m1/s1. The first-order valence-electron chi connectivity index (χ1n) is 2.26. The average Bonchev–Trinajstić information content (AvgIpc) is 1.65. The number of hydroxylamine groups is 1. The van der Waals surface area contributed by atoms with Crippen LogP contribution >= 0.6 is 0 Å². The highest BCUT2D eigenvalue weighted by atomic mass is 16.5. The molecule has 0 unspecified atom stereocenters. The second-order valence-corrected chi connectivity index (χ2v) is 1.66. The van der Waals surface area contributed by atoms with Crippen molar-refractivity contribution in [3.63, 3.8) is 0 Å². The van der Waals surface area contributed by atoms with Gasteiger partial charge in [0, 0.05) is 0 Å². The van der Waals surface area contributed by atoms with Gasteiger partial charge in [0.05, 0.1) is 12.1 Å². The van der Waals surface area contributed by atoms with Gasteiger partial charge in [-0.05, 0) is 13.8 Å². The Labute approximate surface area is 42.9 Å². The lowest BCUT2D eigenvalue weighted by atomic mass is 10.2. The van der Waals surface area contributed by atoms with Gasteiger partial charge >= 0.3 is 0 Å². The summed E-state index contributed by atoms with van der Waals surface area (Å²) in [4.78, 5) is 0. The Hall–Kier alpha value is -0.120. The molecule has 0 aromatic rings. The van der Waals surface area contributed by atoms with Crippen LogP contribution in [0.2, 0.25) is 0 Å². The third-order valence-electron chi connectivity index (χ3n) is 0.927. The molecule has 2 atom stereocenters. The van der Waals surface area contributed by atoms with E-state index in [1.807, 2.05) is 5.48 Å². The van der Waals surface area contributed by atoms with Gasteiger partial charge in [0.15, 0.2) is 0 Å². The minimum Gasteiger partial charge on any atom is -0.392 e. The molecular formula is C4H11NO2.